The molecular weight excluding hydrogens is 223 g/mol. The van der Waals surface area contributed by atoms with E-state index in [0.29, 0.717) is 5.57 Å². The summed E-state index contributed by atoms with van der Waals surface area (Å²) in [6, 6.07) is 0. The monoisotopic (exact) mass is 234 g/mol. The van der Waals surface area contributed by atoms with Gasteiger partial charge in [-0.15, -0.1) is 0 Å². The molecule has 0 radical (unpaired) electrons. The Bertz CT molecular complexity index is 309. The van der Waals surface area contributed by atoms with E-state index < -0.39 is 28.3 Å². The summed E-state index contributed by atoms with van der Waals surface area (Å²) in [5, 5.41) is -2.53. The topological polar surface area (TPSA) is 0 Å². The SMILES string of the molecule is C=C1C=C(C)CC(S(F)(F)(F)(F)F)C1. The molecular formula is C8H11F5S. The molecule has 14 heavy (non-hydrogen) atoms. The summed E-state index contributed by atoms with van der Waals surface area (Å²) < 4.78 is 61.9. The molecule has 0 N–H and O–H groups in total. The number of rotatable bonds is 1. The van der Waals surface area contributed by atoms with Crippen LogP contribution in [0.1, 0.15) is 19.8 Å². The molecule has 6 heteroatoms. The lowest BCUT2D eigenvalue weighted by molar-refractivity contribution is 0.338. The zero-order valence-electron chi connectivity index (χ0n) is 7.57. The van der Waals surface area contributed by atoms with Crippen molar-refractivity contribution >= 4 is 10.2 Å². The van der Waals surface area contributed by atoms with Crippen molar-refractivity contribution in [3.63, 3.8) is 0 Å². The fraction of sp³-hybridized carbons (Fsp3) is 0.500. The van der Waals surface area contributed by atoms with Gasteiger partial charge in [-0.25, -0.2) is 0 Å². The molecule has 84 valence electrons. The molecule has 0 bridgehead atoms. The summed E-state index contributed by atoms with van der Waals surface area (Å²) in [6.45, 7) is 4.70. The Kier molecular flexibility index (Phi) is 1.94. The molecule has 0 saturated carbocycles. The van der Waals surface area contributed by atoms with Gasteiger partial charge in [-0.3, -0.25) is 0 Å². The number of allylic oxidation sites excluding steroid dienone is 3. The smallest absolute Gasteiger partial charge is 0.0975 e. The summed E-state index contributed by atoms with van der Waals surface area (Å²) >= 11 is 0. The van der Waals surface area contributed by atoms with E-state index in [1.54, 1.807) is 0 Å². The summed E-state index contributed by atoms with van der Waals surface area (Å²) in [4.78, 5) is 0. The predicted molar refractivity (Wildman–Crippen MR) is 49.1 cm³/mol. The van der Waals surface area contributed by atoms with Crippen LogP contribution < -0.4 is 0 Å². The third-order valence-corrected chi connectivity index (χ3v) is 3.71. The van der Waals surface area contributed by atoms with Gasteiger partial charge in [-0.2, -0.15) is 0 Å². The molecule has 0 aliphatic heterocycles. The Labute approximate surface area is 79.2 Å². The van der Waals surface area contributed by atoms with Gasteiger partial charge >= 0.3 is 0 Å². The molecule has 0 aromatic rings. The molecule has 0 fully saturated rings. The second-order valence-electron chi connectivity index (χ2n) is 3.71. The molecule has 0 saturated heterocycles. The van der Waals surface area contributed by atoms with Crippen molar-refractivity contribution in [3.05, 3.63) is 23.8 Å². The third kappa shape index (κ3) is 2.73. The van der Waals surface area contributed by atoms with E-state index in [9.17, 15) is 19.4 Å². The van der Waals surface area contributed by atoms with E-state index in [4.69, 9.17) is 0 Å². The van der Waals surface area contributed by atoms with Crippen LogP contribution in [0, 0.1) is 0 Å². The molecule has 0 heterocycles. The fourth-order valence-electron chi connectivity index (χ4n) is 1.51. The highest BCUT2D eigenvalue weighted by Gasteiger charge is 2.69. The van der Waals surface area contributed by atoms with E-state index in [1.807, 2.05) is 0 Å². The lowest BCUT2D eigenvalue weighted by atomic mass is 9.97. The van der Waals surface area contributed by atoms with Gasteiger partial charge in [0, 0.05) is 0 Å². The third-order valence-electron chi connectivity index (χ3n) is 2.12. The van der Waals surface area contributed by atoms with Crippen LogP contribution in [-0.4, -0.2) is 5.25 Å². The van der Waals surface area contributed by atoms with Gasteiger partial charge < -0.3 is 0 Å². The maximum atomic E-state index is 12.4. The van der Waals surface area contributed by atoms with Crippen molar-refractivity contribution in [2.75, 3.05) is 0 Å². The normalized spacial score (nSPS) is 29.1. The average Bonchev–Trinajstić information content (AvgIpc) is 1.78. The molecule has 0 spiro atoms. The maximum Gasteiger partial charge on any atom is 0.288 e. The van der Waals surface area contributed by atoms with Gasteiger partial charge in [0.25, 0.3) is 10.2 Å². The summed E-state index contributed by atoms with van der Waals surface area (Å²) in [5.41, 5.74) is 0.423. The van der Waals surface area contributed by atoms with Crippen LogP contribution in [0.3, 0.4) is 0 Å². The van der Waals surface area contributed by atoms with Gasteiger partial charge in [-0.05, 0) is 19.8 Å². The van der Waals surface area contributed by atoms with Crippen molar-refractivity contribution in [1.29, 1.82) is 0 Å². The zero-order chi connectivity index (χ0) is 11.3. The van der Waals surface area contributed by atoms with Gasteiger partial charge in [0.15, 0.2) is 0 Å². The molecule has 1 rings (SSSR count). The highest BCUT2D eigenvalue weighted by Crippen LogP contribution is 3.01. The summed E-state index contributed by atoms with van der Waals surface area (Å²) in [7, 11) is -9.34. The number of hydrogen-bond donors (Lipinski definition) is 0. The first-order valence-electron chi connectivity index (χ1n) is 3.96. The lowest BCUT2D eigenvalue weighted by Crippen LogP contribution is -2.27. The van der Waals surface area contributed by atoms with Crippen molar-refractivity contribution in [2.45, 2.75) is 25.0 Å². The predicted octanol–water partition coefficient (Wildman–Crippen LogP) is 4.95. The molecule has 0 aromatic carbocycles. The standard InChI is InChI=1S/C8H11F5S/c1-6-3-7(2)5-8(4-6)14(9,10,11,12)13/h3,8H,1,4-5H2,2H3. The Morgan fingerprint density at radius 3 is 2.07 bits per heavy atom. The van der Waals surface area contributed by atoms with E-state index in [2.05, 4.69) is 6.58 Å². The minimum Gasteiger partial charge on any atom is -0.0975 e. The molecule has 0 aromatic heterocycles. The van der Waals surface area contributed by atoms with Gasteiger partial charge in [-0.1, -0.05) is 43.2 Å². The van der Waals surface area contributed by atoms with Crippen molar-refractivity contribution in [2.24, 2.45) is 0 Å². The van der Waals surface area contributed by atoms with Gasteiger partial charge in [0.05, 0.1) is 0 Å². The molecule has 0 amide bonds. The molecule has 1 aliphatic carbocycles. The second kappa shape index (κ2) is 2.35. The first kappa shape index (κ1) is 11.6. The molecule has 1 aliphatic rings. The zero-order valence-corrected chi connectivity index (χ0v) is 8.39. The van der Waals surface area contributed by atoms with Crippen LogP contribution in [0.15, 0.2) is 23.8 Å². The average molecular weight is 234 g/mol. The Hall–Kier alpha value is -0.520. The van der Waals surface area contributed by atoms with Crippen LogP contribution >= 0.6 is 10.2 Å². The first-order valence-corrected chi connectivity index (χ1v) is 5.98. The summed E-state index contributed by atoms with van der Waals surface area (Å²) in [5.74, 6) is 0. The maximum absolute atomic E-state index is 12.4. The van der Waals surface area contributed by atoms with Crippen LogP contribution in [-0.2, 0) is 0 Å². The van der Waals surface area contributed by atoms with E-state index >= 15 is 0 Å². The number of hydrogen-bond acceptors (Lipinski definition) is 0. The van der Waals surface area contributed by atoms with Crippen LogP contribution in [0.5, 0.6) is 0 Å². The van der Waals surface area contributed by atoms with Gasteiger partial charge in [0.2, 0.25) is 0 Å². The Morgan fingerprint density at radius 1 is 1.21 bits per heavy atom. The van der Waals surface area contributed by atoms with E-state index in [-0.39, 0.29) is 5.57 Å². The minimum atomic E-state index is -9.34. The van der Waals surface area contributed by atoms with Gasteiger partial charge in [0.1, 0.15) is 5.25 Å². The number of halogens is 5. The van der Waals surface area contributed by atoms with Crippen LogP contribution in [0.25, 0.3) is 0 Å². The van der Waals surface area contributed by atoms with Crippen LogP contribution in [0.2, 0.25) is 0 Å². The van der Waals surface area contributed by atoms with E-state index in [0.717, 1.165) is 0 Å². The molecule has 0 nitrogen and oxygen atoms in total. The van der Waals surface area contributed by atoms with Crippen molar-refractivity contribution in [3.8, 4) is 0 Å². The van der Waals surface area contributed by atoms with E-state index in [1.165, 1.54) is 13.0 Å². The Balaban J connectivity index is 3.06. The fourth-order valence-corrected chi connectivity index (χ4v) is 2.61. The Morgan fingerprint density at radius 2 is 1.71 bits per heavy atom. The first-order chi connectivity index (χ1) is 5.88. The van der Waals surface area contributed by atoms with Crippen molar-refractivity contribution < 1.29 is 19.4 Å². The van der Waals surface area contributed by atoms with Crippen LogP contribution in [0.4, 0.5) is 19.4 Å². The highest BCUT2D eigenvalue weighted by molar-refractivity contribution is 8.46. The molecule has 1 unspecified atom stereocenters. The minimum absolute atomic E-state index is 0.118. The lowest BCUT2D eigenvalue weighted by Gasteiger charge is -2.48. The quantitative estimate of drug-likeness (QED) is 0.563. The highest BCUT2D eigenvalue weighted by atomic mass is 32.5. The van der Waals surface area contributed by atoms with Crippen molar-refractivity contribution in [1.82, 2.24) is 0 Å². The molecule has 1 atom stereocenters. The second-order valence-corrected chi connectivity index (χ2v) is 6.43. The summed E-state index contributed by atoms with van der Waals surface area (Å²) in [6.07, 6.45) is 0.131. The largest absolute Gasteiger partial charge is 0.288 e.